The van der Waals surface area contributed by atoms with Crippen LogP contribution in [0.2, 0.25) is 0 Å². The smallest absolute Gasteiger partial charge is 0.286 e. The number of hydrogen-bond donors (Lipinski definition) is 3. The molecule has 0 fully saturated rings. The van der Waals surface area contributed by atoms with E-state index in [2.05, 4.69) is 20.8 Å². The number of thiophene rings is 1. The zero-order chi connectivity index (χ0) is 19.9. The van der Waals surface area contributed by atoms with E-state index in [1.165, 1.54) is 11.3 Å². The maximum atomic E-state index is 12.6. The highest BCUT2D eigenvalue weighted by Crippen LogP contribution is 2.27. The van der Waals surface area contributed by atoms with Crippen LogP contribution in [0.3, 0.4) is 0 Å². The number of hydrogen-bond acceptors (Lipinski definition) is 7. The molecular formula is C15H16F3N5O3S. The van der Waals surface area contributed by atoms with Crippen LogP contribution in [0, 0.1) is 5.92 Å². The fraction of sp³-hybridized carbons (Fsp3) is 0.333. The molecule has 12 heteroatoms. The van der Waals surface area contributed by atoms with E-state index in [1.54, 1.807) is 0 Å². The first-order chi connectivity index (χ1) is 12.8. The number of amides is 2. The molecule has 2 amide bonds. The molecule has 3 N–H and O–H groups in total. The lowest BCUT2D eigenvalue weighted by molar-refractivity contribution is -0.154. The zero-order valence-corrected chi connectivity index (χ0v) is 14.6. The number of aryl methyl sites for hydroxylation is 1. The number of nitrogens with one attached hydrogen (secondary N) is 2. The van der Waals surface area contributed by atoms with Crippen LogP contribution in [0.25, 0.3) is 0 Å². The third-order valence-electron chi connectivity index (χ3n) is 3.46. The Bertz CT molecular complexity index is 757. The number of aromatic nitrogens is 2. The molecule has 0 saturated carbocycles. The van der Waals surface area contributed by atoms with Crippen molar-refractivity contribution in [2.24, 2.45) is 5.92 Å². The lowest BCUT2D eigenvalue weighted by Gasteiger charge is -2.19. The van der Waals surface area contributed by atoms with Crippen LogP contribution in [-0.4, -0.2) is 39.1 Å². The molecule has 1 atom stereocenters. The zero-order valence-electron chi connectivity index (χ0n) is 13.8. The number of carbonyl (C=O) groups excluding carboxylic acids is 2. The summed E-state index contributed by atoms with van der Waals surface area (Å²) in [4.78, 5) is 30.8. The van der Waals surface area contributed by atoms with Crippen LogP contribution in [-0.2, 0) is 22.2 Å². The average Bonchev–Trinajstić information content (AvgIpc) is 3.16. The van der Waals surface area contributed by atoms with Crippen molar-refractivity contribution in [1.29, 1.82) is 0 Å². The first-order valence-electron chi connectivity index (χ1n) is 7.69. The van der Waals surface area contributed by atoms with E-state index in [4.69, 9.17) is 0 Å². The SMILES string of the molecule is O=CN(O)C[C@H](CCc1cccs1)C(=O)NNc1nccc(C(F)(F)F)n1. The van der Waals surface area contributed by atoms with Crippen LogP contribution in [0.1, 0.15) is 17.0 Å². The van der Waals surface area contributed by atoms with E-state index in [0.29, 0.717) is 24.0 Å². The average molecular weight is 403 g/mol. The molecule has 0 spiro atoms. The number of anilines is 1. The molecule has 2 rings (SSSR count). The van der Waals surface area contributed by atoms with Gasteiger partial charge in [0.15, 0.2) is 0 Å². The number of nitrogens with zero attached hydrogens (tertiary/aromatic N) is 3. The Morgan fingerprint density at radius 1 is 1.41 bits per heavy atom. The second-order valence-corrected chi connectivity index (χ2v) is 6.45. The third kappa shape index (κ3) is 6.49. The summed E-state index contributed by atoms with van der Waals surface area (Å²) >= 11 is 1.50. The first kappa shape index (κ1) is 20.6. The van der Waals surface area contributed by atoms with Crippen molar-refractivity contribution in [3.63, 3.8) is 0 Å². The van der Waals surface area contributed by atoms with Gasteiger partial charge in [-0.15, -0.1) is 11.3 Å². The monoisotopic (exact) mass is 403 g/mol. The molecule has 0 aliphatic heterocycles. The van der Waals surface area contributed by atoms with Gasteiger partial charge in [0.1, 0.15) is 5.69 Å². The Labute approximate surface area is 156 Å². The summed E-state index contributed by atoms with van der Waals surface area (Å²) in [7, 11) is 0. The van der Waals surface area contributed by atoms with E-state index in [-0.39, 0.29) is 13.0 Å². The van der Waals surface area contributed by atoms with E-state index in [0.717, 1.165) is 11.1 Å². The van der Waals surface area contributed by atoms with Gasteiger partial charge in [-0.2, -0.15) is 13.2 Å². The molecule has 2 heterocycles. The van der Waals surface area contributed by atoms with E-state index in [9.17, 15) is 28.0 Å². The summed E-state index contributed by atoms with van der Waals surface area (Å²) in [6.07, 6.45) is -2.74. The highest BCUT2D eigenvalue weighted by atomic mass is 32.1. The number of hydrazine groups is 1. The van der Waals surface area contributed by atoms with Crippen molar-refractivity contribution in [3.8, 4) is 0 Å². The second-order valence-electron chi connectivity index (χ2n) is 5.42. The molecule has 0 saturated heterocycles. The maximum absolute atomic E-state index is 12.6. The van der Waals surface area contributed by atoms with Crippen molar-refractivity contribution in [2.75, 3.05) is 12.0 Å². The molecule has 8 nitrogen and oxygen atoms in total. The fourth-order valence-electron chi connectivity index (χ4n) is 2.14. The number of halogens is 3. The van der Waals surface area contributed by atoms with Gasteiger partial charge in [0.25, 0.3) is 0 Å². The Morgan fingerprint density at radius 2 is 2.19 bits per heavy atom. The van der Waals surface area contributed by atoms with Gasteiger partial charge in [0.05, 0.1) is 12.5 Å². The van der Waals surface area contributed by atoms with Crippen molar-refractivity contribution >= 4 is 29.6 Å². The normalized spacial score (nSPS) is 12.3. The quantitative estimate of drug-likeness (QED) is 0.336. The molecule has 0 unspecified atom stereocenters. The van der Waals surface area contributed by atoms with Gasteiger partial charge in [0, 0.05) is 11.1 Å². The molecule has 146 valence electrons. The van der Waals surface area contributed by atoms with Crippen molar-refractivity contribution < 1.29 is 28.0 Å². The molecule has 0 aliphatic carbocycles. The van der Waals surface area contributed by atoms with Gasteiger partial charge in [-0.3, -0.25) is 25.6 Å². The topological polar surface area (TPSA) is 107 Å². The van der Waals surface area contributed by atoms with Gasteiger partial charge in [-0.25, -0.2) is 15.0 Å². The molecular weight excluding hydrogens is 387 g/mol. The van der Waals surface area contributed by atoms with Crippen LogP contribution in [0.5, 0.6) is 0 Å². The number of rotatable bonds is 9. The fourth-order valence-corrected chi connectivity index (χ4v) is 2.87. The molecule has 2 aromatic heterocycles. The first-order valence-corrected chi connectivity index (χ1v) is 8.57. The van der Waals surface area contributed by atoms with Crippen LogP contribution < -0.4 is 10.9 Å². The van der Waals surface area contributed by atoms with Crippen LogP contribution in [0.4, 0.5) is 19.1 Å². The largest absolute Gasteiger partial charge is 0.433 e. The van der Waals surface area contributed by atoms with Crippen molar-refractivity contribution in [1.82, 2.24) is 20.5 Å². The lowest BCUT2D eigenvalue weighted by Crippen LogP contribution is -2.40. The number of carbonyl (C=O) groups is 2. The second kappa shape index (κ2) is 9.28. The highest BCUT2D eigenvalue weighted by molar-refractivity contribution is 7.09. The standard InChI is InChI=1S/C15H16F3N5O3S/c16-15(17,18)12-5-6-19-14(20-12)22-21-13(25)10(8-23(26)9-24)3-4-11-2-1-7-27-11/h1-2,5-7,9-10,26H,3-4,8H2,(H,21,25)(H,19,20,22)/t10-/m0/s1. The Hall–Kier alpha value is -2.73. The van der Waals surface area contributed by atoms with Crippen LogP contribution >= 0.6 is 11.3 Å². The molecule has 0 aliphatic rings. The van der Waals surface area contributed by atoms with Gasteiger partial charge in [-0.1, -0.05) is 6.07 Å². The van der Waals surface area contributed by atoms with E-state index in [1.807, 2.05) is 17.5 Å². The molecule has 27 heavy (non-hydrogen) atoms. The summed E-state index contributed by atoms with van der Waals surface area (Å²) in [5.74, 6) is -1.87. The Balaban J connectivity index is 1.98. The van der Waals surface area contributed by atoms with Gasteiger partial charge < -0.3 is 0 Å². The van der Waals surface area contributed by atoms with E-state index >= 15 is 0 Å². The van der Waals surface area contributed by atoms with E-state index < -0.39 is 29.6 Å². The summed E-state index contributed by atoms with van der Waals surface area (Å²) in [6.45, 7) is -0.272. The molecule has 2 aromatic rings. The summed E-state index contributed by atoms with van der Waals surface area (Å²) in [5.41, 5.74) is 3.26. The van der Waals surface area contributed by atoms with Gasteiger partial charge in [-0.05, 0) is 30.4 Å². The predicted molar refractivity (Wildman–Crippen MR) is 89.5 cm³/mol. The minimum absolute atomic E-state index is 0.161. The Kier molecular flexibility index (Phi) is 7.07. The van der Waals surface area contributed by atoms with Crippen molar-refractivity contribution in [2.45, 2.75) is 19.0 Å². The summed E-state index contributed by atoms with van der Waals surface area (Å²) in [6, 6.07) is 4.43. The van der Waals surface area contributed by atoms with Gasteiger partial charge >= 0.3 is 6.18 Å². The van der Waals surface area contributed by atoms with Crippen molar-refractivity contribution in [3.05, 3.63) is 40.3 Å². The summed E-state index contributed by atoms with van der Waals surface area (Å²) in [5, 5.41) is 11.6. The molecule has 0 radical (unpaired) electrons. The Morgan fingerprint density at radius 3 is 2.81 bits per heavy atom. The van der Waals surface area contributed by atoms with Gasteiger partial charge in [0.2, 0.25) is 18.3 Å². The third-order valence-corrected chi connectivity index (χ3v) is 4.40. The summed E-state index contributed by atoms with van der Waals surface area (Å²) < 4.78 is 37.9. The molecule has 0 aromatic carbocycles. The minimum atomic E-state index is -4.64. The number of alkyl halides is 3. The highest BCUT2D eigenvalue weighted by Gasteiger charge is 2.32. The predicted octanol–water partition coefficient (Wildman–Crippen LogP) is 2.10. The molecule has 0 bridgehead atoms. The van der Waals surface area contributed by atoms with Crippen LogP contribution in [0.15, 0.2) is 29.8 Å². The lowest BCUT2D eigenvalue weighted by atomic mass is 10.0. The number of hydroxylamine groups is 2. The maximum Gasteiger partial charge on any atom is 0.433 e. The minimum Gasteiger partial charge on any atom is -0.286 e.